The standard InChI is InChI=1S/C16H15IO5S/c1-10-8-11(2)15(12(3)9-10)23(19,20)22-17-14-7-5-4-6-13(14)16(18)21-17/h4-9H,1-3H3. The monoisotopic (exact) mass is 446 g/mol. The quantitative estimate of drug-likeness (QED) is 0.673. The Balaban J connectivity index is 2.00. The molecule has 1 aliphatic rings. The van der Waals surface area contributed by atoms with Crippen molar-refractivity contribution < 1.29 is 18.8 Å². The Hall–Kier alpha value is -1.45. The maximum absolute atomic E-state index is 12.7. The van der Waals surface area contributed by atoms with Gasteiger partial charge in [0.15, 0.2) is 0 Å². The molecule has 5 nitrogen and oxygen atoms in total. The minimum absolute atomic E-state index is 0.154. The summed E-state index contributed by atoms with van der Waals surface area (Å²) in [6.07, 6.45) is 0. The number of benzene rings is 2. The Labute approximate surface area is 143 Å². The predicted molar refractivity (Wildman–Crippen MR) is 93.5 cm³/mol. The zero-order valence-corrected chi connectivity index (χ0v) is 15.8. The van der Waals surface area contributed by atoms with E-state index in [1.807, 2.05) is 6.92 Å². The Morgan fingerprint density at radius 2 is 1.65 bits per heavy atom. The van der Waals surface area contributed by atoms with E-state index in [1.54, 1.807) is 50.2 Å². The van der Waals surface area contributed by atoms with Crippen LogP contribution in [0.5, 0.6) is 0 Å². The molecule has 3 rings (SSSR count). The van der Waals surface area contributed by atoms with Crippen LogP contribution in [0.2, 0.25) is 0 Å². The molecule has 0 amide bonds. The van der Waals surface area contributed by atoms with Crippen LogP contribution in [0.15, 0.2) is 41.3 Å². The molecule has 0 saturated carbocycles. The van der Waals surface area contributed by atoms with Crippen LogP contribution in [0.1, 0.15) is 27.0 Å². The molecule has 0 spiro atoms. The van der Waals surface area contributed by atoms with Crippen LogP contribution in [0.3, 0.4) is 0 Å². The van der Waals surface area contributed by atoms with Gasteiger partial charge in [-0.2, -0.15) is 0 Å². The fraction of sp³-hybridized carbons (Fsp3) is 0.188. The van der Waals surface area contributed by atoms with Crippen molar-refractivity contribution in [3.63, 3.8) is 0 Å². The van der Waals surface area contributed by atoms with Crippen molar-refractivity contribution in [2.24, 2.45) is 0 Å². The molecule has 1 aliphatic heterocycles. The number of hydrogen-bond acceptors (Lipinski definition) is 5. The number of carbonyl (C=O) groups is 1. The molecule has 2 aromatic rings. The van der Waals surface area contributed by atoms with Gasteiger partial charge >= 0.3 is 143 Å². The zero-order valence-electron chi connectivity index (χ0n) is 12.8. The van der Waals surface area contributed by atoms with Crippen molar-refractivity contribution in [1.82, 2.24) is 0 Å². The molecular weight excluding hydrogens is 431 g/mol. The van der Waals surface area contributed by atoms with Crippen LogP contribution >= 0.6 is 20.6 Å². The van der Waals surface area contributed by atoms with Crippen molar-refractivity contribution in [1.29, 1.82) is 0 Å². The fourth-order valence-corrected chi connectivity index (χ4v) is 8.68. The van der Waals surface area contributed by atoms with Crippen LogP contribution < -0.4 is 0 Å². The molecule has 0 aromatic heterocycles. The van der Waals surface area contributed by atoms with Gasteiger partial charge < -0.3 is 0 Å². The summed E-state index contributed by atoms with van der Waals surface area (Å²) in [4.78, 5) is 12.0. The van der Waals surface area contributed by atoms with Gasteiger partial charge in [0.25, 0.3) is 0 Å². The van der Waals surface area contributed by atoms with Gasteiger partial charge in [0.2, 0.25) is 0 Å². The van der Waals surface area contributed by atoms with E-state index in [4.69, 9.17) is 5.58 Å². The summed E-state index contributed by atoms with van der Waals surface area (Å²) in [5, 5.41) is 0. The van der Waals surface area contributed by atoms with E-state index < -0.39 is 36.7 Å². The van der Waals surface area contributed by atoms with Crippen molar-refractivity contribution in [3.05, 3.63) is 62.2 Å². The van der Waals surface area contributed by atoms with Crippen LogP contribution in [-0.2, 0) is 15.7 Å². The molecular formula is C16H15IO5S. The number of fused-ring (bicyclic) bond motifs is 1. The summed E-state index contributed by atoms with van der Waals surface area (Å²) in [6, 6.07) is 10.3. The van der Waals surface area contributed by atoms with Gasteiger partial charge in [0.05, 0.1) is 0 Å². The van der Waals surface area contributed by atoms with Gasteiger partial charge in [-0.1, -0.05) is 0 Å². The molecule has 1 heterocycles. The molecule has 0 aliphatic carbocycles. The summed E-state index contributed by atoms with van der Waals surface area (Å²) in [5.41, 5.74) is 2.62. The molecule has 0 atom stereocenters. The summed E-state index contributed by atoms with van der Waals surface area (Å²) in [7, 11) is -4.00. The second-order valence-electron chi connectivity index (χ2n) is 5.31. The molecule has 0 N–H and O–H groups in total. The third-order valence-corrected chi connectivity index (χ3v) is 9.91. The first-order valence-corrected chi connectivity index (χ1v) is 11.1. The number of halogens is 1. The van der Waals surface area contributed by atoms with Gasteiger partial charge in [-0.15, -0.1) is 0 Å². The first-order chi connectivity index (χ1) is 10.8. The van der Waals surface area contributed by atoms with Crippen LogP contribution in [0.4, 0.5) is 0 Å². The van der Waals surface area contributed by atoms with Gasteiger partial charge in [-0.3, -0.25) is 0 Å². The molecule has 7 heteroatoms. The third-order valence-electron chi connectivity index (χ3n) is 3.39. The third kappa shape index (κ3) is 3.00. The number of carbonyl (C=O) groups excluding carboxylic acids is 1. The molecule has 122 valence electrons. The van der Waals surface area contributed by atoms with E-state index in [0.717, 1.165) is 5.56 Å². The van der Waals surface area contributed by atoms with Crippen LogP contribution in [0, 0.1) is 24.3 Å². The summed E-state index contributed by atoms with van der Waals surface area (Å²) in [6.45, 7) is 5.37. The Morgan fingerprint density at radius 1 is 1.04 bits per heavy atom. The minimum atomic E-state index is -4.00. The summed E-state index contributed by atoms with van der Waals surface area (Å²) >= 11 is -3.02. The normalized spacial score (nSPS) is 15.4. The Bertz CT molecular complexity index is 881. The first kappa shape index (κ1) is 16.4. The van der Waals surface area contributed by atoms with Crippen molar-refractivity contribution in [2.45, 2.75) is 25.7 Å². The van der Waals surface area contributed by atoms with E-state index in [0.29, 0.717) is 20.3 Å². The van der Waals surface area contributed by atoms with Crippen molar-refractivity contribution in [3.8, 4) is 0 Å². The first-order valence-electron chi connectivity index (χ1n) is 6.84. The topological polar surface area (TPSA) is 69.7 Å². The second-order valence-corrected chi connectivity index (χ2v) is 10.7. The van der Waals surface area contributed by atoms with Crippen LogP contribution in [0.25, 0.3) is 0 Å². The molecule has 23 heavy (non-hydrogen) atoms. The maximum atomic E-state index is 12.7. The van der Waals surface area contributed by atoms with Crippen LogP contribution in [-0.4, -0.2) is 14.4 Å². The van der Waals surface area contributed by atoms with Gasteiger partial charge in [-0.25, -0.2) is 0 Å². The summed E-state index contributed by atoms with van der Waals surface area (Å²) < 4.78 is 36.5. The van der Waals surface area contributed by atoms with E-state index in [2.05, 4.69) is 0 Å². The number of rotatable bonds is 3. The molecule has 0 radical (unpaired) electrons. The number of hydrogen-bond donors (Lipinski definition) is 0. The van der Waals surface area contributed by atoms with E-state index in [-0.39, 0.29) is 4.90 Å². The SMILES string of the molecule is Cc1cc(C)c(S(=O)(=O)OI2OC(=O)c3ccccc32)c(C)c1. The fourth-order valence-electron chi connectivity index (χ4n) is 2.62. The molecule has 0 bridgehead atoms. The van der Waals surface area contributed by atoms with E-state index in [9.17, 15) is 13.2 Å². The van der Waals surface area contributed by atoms with E-state index >= 15 is 0 Å². The molecule has 0 saturated heterocycles. The molecule has 0 unspecified atom stereocenters. The van der Waals surface area contributed by atoms with Gasteiger partial charge in [0.1, 0.15) is 0 Å². The molecule has 2 aromatic carbocycles. The van der Waals surface area contributed by atoms with Gasteiger partial charge in [0, 0.05) is 0 Å². The Morgan fingerprint density at radius 3 is 2.30 bits per heavy atom. The van der Waals surface area contributed by atoms with Gasteiger partial charge in [-0.05, 0) is 0 Å². The summed E-state index contributed by atoms with van der Waals surface area (Å²) in [5.74, 6) is -0.515. The Kier molecular flexibility index (Phi) is 4.19. The number of aryl methyl sites for hydroxylation is 3. The average Bonchev–Trinajstić information content (AvgIpc) is 2.74. The van der Waals surface area contributed by atoms with Crippen molar-refractivity contribution >= 4 is 36.7 Å². The average molecular weight is 446 g/mol. The predicted octanol–water partition coefficient (Wildman–Crippen LogP) is 3.69. The van der Waals surface area contributed by atoms with E-state index in [1.165, 1.54) is 0 Å². The second kappa shape index (κ2) is 5.88. The zero-order chi connectivity index (χ0) is 16.8. The molecule has 0 fully saturated rings. The van der Waals surface area contributed by atoms with Crippen molar-refractivity contribution in [2.75, 3.05) is 0 Å².